The van der Waals surface area contributed by atoms with Crippen molar-refractivity contribution in [1.29, 1.82) is 0 Å². The maximum absolute atomic E-state index is 12.7. The fourth-order valence-electron chi connectivity index (χ4n) is 4.58. The molecule has 1 aromatic rings. The molecule has 4 rings (SSSR count). The van der Waals surface area contributed by atoms with Gasteiger partial charge in [0.1, 0.15) is 0 Å². The van der Waals surface area contributed by atoms with Gasteiger partial charge in [-0.05, 0) is 36.5 Å². The number of carbonyl (C=O) groups excluding carboxylic acids is 1. The highest BCUT2D eigenvalue weighted by molar-refractivity contribution is 7.80. The summed E-state index contributed by atoms with van der Waals surface area (Å²) in [5.74, 6) is -0.349. The molecule has 3 fully saturated rings. The Hall–Kier alpha value is -1.22. The SMILES string of the molecule is O=C(CNC(=S)N(Cc1cccs1)C1CCCCC1)N1CCC2(CC1)OCCO2. The van der Waals surface area contributed by atoms with E-state index in [1.54, 1.807) is 11.3 Å². The average Bonchev–Trinajstić information content (AvgIpc) is 3.44. The highest BCUT2D eigenvalue weighted by atomic mass is 32.1. The van der Waals surface area contributed by atoms with Crippen LogP contribution in [0.1, 0.15) is 49.8 Å². The van der Waals surface area contributed by atoms with Gasteiger partial charge in [0.15, 0.2) is 10.9 Å². The Morgan fingerprint density at radius 2 is 1.97 bits per heavy atom. The zero-order valence-electron chi connectivity index (χ0n) is 16.9. The number of amides is 1. The summed E-state index contributed by atoms with van der Waals surface area (Å²) in [7, 11) is 0. The van der Waals surface area contributed by atoms with Gasteiger partial charge in [0.2, 0.25) is 5.91 Å². The van der Waals surface area contributed by atoms with Gasteiger partial charge in [-0.2, -0.15) is 0 Å². The maximum atomic E-state index is 12.7. The molecule has 8 heteroatoms. The molecule has 3 aliphatic rings. The van der Waals surface area contributed by atoms with Crippen molar-refractivity contribution in [2.45, 2.75) is 63.3 Å². The monoisotopic (exact) mass is 437 g/mol. The summed E-state index contributed by atoms with van der Waals surface area (Å²) in [6.07, 6.45) is 7.67. The summed E-state index contributed by atoms with van der Waals surface area (Å²) >= 11 is 7.50. The minimum absolute atomic E-state index is 0.0971. The van der Waals surface area contributed by atoms with E-state index in [0.717, 1.165) is 19.4 Å². The first-order valence-electron chi connectivity index (χ1n) is 10.8. The van der Waals surface area contributed by atoms with E-state index in [4.69, 9.17) is 21.7 Å². The molecule has 1 amide bonds. The van der Waals surface area contributed by atoms with Crippen LogP contribution in [0.4, 0.5) is 0 Å². The molecule has 1 N–H and O–H groups in total. The number of piperidine rings is 1. The molecule has 0 radical (unpaired) electrons. The zero-order chi connectivity index (χ0) is 20.1. The minimum atomic E-state index is -0.446. The van der Waals surface area contributed by atoms with Crippen LogP contribution in [0, 0.1) is 0 Å². The van der Waals surface area contributed by atoms with Crippen LogP contribution in [-0.2, 0) is 20.8 Å². The second-order valence-electron chi connectivity index (χ2n) is 8.15. The first-order valence-corrected chi connectivity index (χ1v) is 12.1. The van der Waals surface area contributed by atoms with Gasteiger partial charge in [0.05, 0.1) is 26.3 Å². The van der Waals surface area contributed by atoms with E-state index < -0.39 is 5.79 Å². The lowest BCUT2D eigenvalue weighted by Gasteiger charge is -2.38. The Morgan fingerprint density at radius 1 is 1.24 bits per heavy atom. The van der Waals surface area contributed by atoms with Crippen LogP contribution < -0.4 is 5.32 Å². The van der Waals surface area contributed by atoms with Crippen LogP contribution >= 0.6 is 23.6 Å². The molecule has 1 saturated carbocycles. The van der Waals surface area contributed by atoms with Crippen LogP contribution in [-0.4, -0.2) is 65.5 Å². The fourth-order valence-corrected chi connectivity index (χ4v) is 5.57. The molecule has 1 aliphatic carbocycles. The number of thiocarbonyl (C=S) groups is 1. The number of nitrogens with one attached hydrogen (secondary N) is 1. The number of rotatable bonds is 5. The largest absolute Gasteiger partial charge is 0.353 e. The normalized spacial score (nSPS) is 22.0. The predicted octanol–water partition coefficient (Wildman–Crippen LogP) is 3.12. The number of thiophene rings is 1. The van der Waals surface area contributed by atoms with Gasteiger partial charge in [-0.15, -0.1) is 11.3 Å². The minimum Gasteiger partial charge on any atom is -0.353 e. The molecular weight excluding hydrogens is 406 g/mol. The zero-order valence-corrected chi connectivity index (χ0v) is 18.6. The van der Waals surface area contributed by atoms with Gasteiger partial charge in [0.25, 0.3) is 0 Å². The summed E-state index contributed by atoms with van der Waals surface area (Å²) in [5, 5.41) is 6.07. The van der Waals surface area contributed by atoms with Gasteiger partial charge in [-0.3, -0.25) is 4.79 Å². The molecule has 0 unspecified atom stereocenters. The van der Waals surface area contributed by atoms with Crippen molar-refractivity contribution >= 4 is 34.6 Å². The van der Waals surface area contributed by atoms with Crippen molar-refractivity contribution in [3.8, 4) is 0 Å². The summed E-state index contributed by atoms with van der Waals surface area (Å²) in [6, 6.07) is 4.71. The third kappa shape index (κ3) is 5.29. The smallest absolute Gasteiger partial charge is 0.241 e. The Balaban J connectivity index is 1.29. The molecule has 1 aromatic heterocycles. The third-order valence-electron chi connectivity index (χ3n) is 6.26. The van der Waals surface area contributed by atoms with Crippen molar-refractivity contribution in [1.82, 2.24) is 15.1 Å². The Kier molecular flexibility index (Phi) is 7.05. The van der Waals surface area contributed by atoms with E-state index in [1.807, 2.05) is 4.90 Å². The second kappa shape index (κ2) is 9.73. The quantitative estimate of drug-likeness (QED) is 0.715. The number of hydrogen-bond donors (Lipinski definition) is 1. The number of likely N-dealkylation sites (tertiary alicyclic amines) is 1. The number of nitrogens with zero attached hydrogens (tertiary/aromatic N) is 2. The molecule has 3 heterocycles. The van der Waals surface area contributed by atoms with E-state index in [9.17, 15) is 4.79 Å². The third-order valence-corrected chi connectivity index (χ3v) is 7.50. The lowest BCUT2D eigenvalue weighted by Crippen LogP contribution is -2.52. The van der Waals surface area contributed by atoms with Crippen LogP contribution in [0.2, 0.25) is 0 Å². The van der Waals surface area contributed by atoms with Crippen molar-refractivity contribution in [2.24, 2.45) is 0 Å². The second-order valence-corrected chi connectivity index (χ2v) is 9.57. The first kappa shape index (κ1) is 21.0. The van der Waals surface area contributed by atoms with Crippen molar-refractivity contribution in [3.05, 3.63) is 22.4 Å². The number of carbonyl (C=O) groups is 1. The van der Waals surface area contributed by atoms with Gasteiger partial charge in [-0.25, -0.2) is 0 Å². The van der Waals surface area contributed by atoms with Gasteiger partial charge < -0.3 is 24.6 Å². The van der Waals surface area contributed by atoms with E-state index in [0.29, 0.717) is 37.5 Å². The molecule has 2 saturated heterocycles. The highest BCUT2D eigenvalue weighted by Gasteiger charge is 2.40. The number of hydrogen-bond acceptors (Lipinski definition) is 5. The Labute approximate surface area is 182 Å². The summed E-state index contributed by atoms with van der Waals surface area (Å²) in [6.45, 7) is 3.74. The van der Waals surface area contributed by atoms with E-state index in [2.05, 4.69) is 27.7 Å². The average molecular weight is 438 g/mol. The van der Waals surface area contributed by atoms with Gasteiger partial charge >= 0.3 is 0 Å². The molecule has 0 bridgehead atoms. The van der Waals surface area contributed by atoms with Gasteiger partial charge in [-0.1, -0.05) is 25.3 Å². The van der Waals surface area contributed by atoms with E-state index >= 15 is 0 Å². The topological polar surface area (TPSA) is 54.0 Å². The van der Waals surface area contributed by atoms with Crippen LogP contribution in [0.25, 0.3) is 0 Å². The number of ether oxygens (including phenoxy) is 2. The molecule has 6 nitrogen and oxygen atoms in total. The standard InChI is InChI=1S/C21H31N3O3S2/c25-19(23-10-8-21(9-11-23)26-12-13-27-21)15-22-20(28)24(16-18-7-4-14-29-18)17-5-2-1-3-6-17/h4,7,14,17H,1-3,5-6,8-13,15-16H2,(H,22,28). The summed E-state index contributed by atoms with van der Waals surface area (Å²) in [4.78, 5) is 18.2. The predicted molar refractivity (Wildman–Crippen MR) is 118 cm³/mol. The van der Waals surface area contributed by atoms with Crippen LogP contribution in [0.3, 0.4) is 0 Å². The fraction of sp³-hybridized carbons (Fsp3) is 0.714. The van der Waals surface area contributed by atoms with E-state index in [1.165, 1.54) is 37.0 Å². The summed E-state index contributed by atoms with van der Waals surface area (Å²) < 4.78 is 11.5. The van der Waals surface area contributed by atoms with Crippen molar-refractivity contribution < 1.29 is 14.3 Å². The van der Waals surface area contributed by atoms with Crippen LogP contribution in [0.5, 0.6) is 0 Å². The lowest BCUT2D eigenvalue weighted by atomic mass is 9.94. The van der Waals surface area contributed by atoms with Crippen LogP contribution in [0.15, 0.2) is 17.5 Å². The lowest BCUT2D eigenvalue weighted by molar-refractivity contribution is -0.187. The molecular formula is C21H31N3O3S2. The first-order chi connectivity index (χ1) is 14.2. The molecule has 1 spiro atoms. The van der Waals surface area contributed by atoms with E-state index in [-0.39, 0.29) is 12.5 Å². The van der Waals surface area contributed by atoms with Crippen molar-refractivity contribution in [3.63, 3.8) is 0 Å². The Morgan fingerprint density at radius 3 is 2.62 bits per heavy atom. The van der Waals surface area contributed by atoms with Crippen molar-refractivity contribution in [2.75, 3.05) is 32.8 Å². The maximum Gasteiger partial charge on any atom is 0.241 e. The molecule has 29 heavy (non-hydrogen) atoms. The highest BCUT2D eigenvalue weighted by Crippen LogP contribution is 2.31. The molecule has 0 aromatic carbocycles. The summed E-state index contributed by atoms with van der Waals surface area (Å²) in [5.41, 5.74) is 0. The van der Waals surface area contributed by atoms with Gasteiger partial charge in [0, 0.05) is 36.9 Å². The molecule has 2 aliphatic heterocycles. The Bertz CT molecular complexity index is 675. The molecule has 160 valence electrons. The molecule has 0 atom stereocenters.